The minimum absolute atomic E-state index is 0.0687. The van der Waals surface area contributed by atoms with Crippen LogP contribution in [-0.2, 0) is 6.42 Å². The second kappa shape index (κ2) is 6.23. The molecule has 102 valence electrons. The van der Waals surface area contributed by atoms with Gasteiger partial charge >= 0.3 is 0 Å². The lowest BCUT2D eigenvalue weighted by Gasteiger charge is -2.16. The molecule has 1 unspecified atom stereocenters. The van der Waals surface area contributed by atoms with E-state index in [-0.39, 0.29) is 6.04 Å². The van der Waals surface area contributed by atoms with Crippen molar-refractivity contribution in [3.63, 3.8) is 0 Å². The van der Waals surface area contributed by atoms with Gasteiger partial charge in [-0.15, -0.1) is 5.10 Å². The molecule has 0 amide bonds. The maximum atomic E-state index is 5.72. The van der Waals surface area contributed by atoms with Crippen LogP contribution in [0.1, 0.15) is 47.5 Å². The molecule has 1 atom stereocenters. The van der Waals surface area contributed by atoms with E-state index in [0.29, 0.717) is 5.92 Å². The summed E-state index contributed by atoms with van der Waals surface area (Å²) < 4.78 is 4.07. The number of aromatic nitrogens is 2. The van der Waals surface area contributed by atoms with E-state index in [9.17, 15) is 0 Å². The van der Waals surface area contributed by atoms with Gasteiger partial charge in [0.15, 0.2) is 0 Å². The first-order chi connectivity index (χ1) is 9.11. The van der Waals surface area contributed by atoms with Crippen molar-refractivity contribution in [2.24, 2.45) is 5.84 Å². The van der Waals surface area contributed by atoms with E-state index in [1.807, 2.05) is 0 Å². The van der Waals surface area contributed by atoms with E-state index in [4.69, 9.17) is 5.84 Å². The van der Waals surface area contributed by atoms with E-state index in [1.165, 1.54) is 22.7 Å². The zero-order valence-corrected chi connectivity index (χ0v) is 12.4. The fourth-order valence-corrected chi connectivity index (χ4v) is 3.01. The molecule has 0 fully saturated rings. The lowest BCUT2D eigenvalue weighted by atomic mass is 10.00. The number of hydrazine groups is 1. The lowest BCUT2D eigenvalue weighted by molar-refractivity contribution is 0.551. The van der Waals surface area contributed by atoms with Gasteiger partial charge in [0, 0.05) is 0 Å². The molecule has 0 spiro atoms. The van der Waals surface area contributed by atoms with Crippen LogP contribution in [0.5, 0.6) is 0 Å². The summed E-state index contributed by atoms with van der Waals surface area (Å²) in [5.74, 6) is 6.08. The van der Waals surface area contributed by atoms with Crippen molar-refractivity contribution >= 4 is 11.5 Å². The zero-order valence-electron chi connectivity index (χ0n) is 11.6. The smallest absolute Gasteiger partial charge is 0.0829 e. The normalized spacial score (nSPS) is 12.9. The Morgan fingerprint density at radius 1 is 1.37 bits per heavy atom. The van der Waals surface area contributed by atoms with Crippen LogP contribution in [0.2, 0.25) is 0 Å². The van der Waals surface area contributed by atoms with Crippen LogP contribution in [0, 0.1) is 6.92 Å². The van der Waals surface area contributed by atoms with Crippen molar-refractivity contribution in [2.45, 2.75) is 39.2 Å². The van der Waals surface area contributed by atoms with Crippen LogP contribution >= 0.6 is 11.5 Å². The van der Waals surface area contributed by atoms with Crippen molar-refractivity contribution in [3.05, 3.63) is 46.0 Å². The largest absolute Gasteiger partial charge is 0.271 e. The number of rotatable bonds is 5. The van der Waals surface area contributed by atoms with E-state index in [1.54, 1.807) is 0 Å². The molecule has 2 rings (SSSR count). The summed E-state index contributed by atoms with van der Waals surface area (Å²) in [5, 5.41) is 4.22. The van der Waals surface area contributed by atoms with Gasteiger partial charge in [-0.3, -0.25) is 11.3 Å². The molecule has 0 radical (unpaired) electrons. The summed E-state index contributed by atoms with van der Waals surface area (Å²) >= 11 is 1.43. The quantitative estimate of drug-likeness (QED) is 0.651. The maximum absolute atomic E-state index is 5.72. The highest BCUT2D eigenvalue weighted by atomic mass is 32.1. The topological polar surface area (TPSA) is 63.8 Å². The summed E-state index contributed by atoms with van der Waals surface area (Å²) in [4.78, 5) is 1.14. The molecule has 0 aliphatic carbocycles. The van der Waals surface area contributed by atoms with Gasteiger partial charge in [-0.05, 0) is 36.4 Å². The lowest BCUT2D eigenvalue weighted by Crippen LogP contribution is -2.29. The summed E-state index contributed by atoms with van der Waals surface area (Å²) in [6.45, 7) is 6.35. The van der Waals surface area contributed by atoms with Gasteiger partial charge in [0.25, 0.3) is 0 Å². The molecular weight excluding hydrogens is 256 g/mol. The zero-order chi connectivity index (χ0) is 13.8. The van der Waals surface area contributed by atoms with Crippen LogP contribution in [0.25, 0.3) is 0 Å². The van der Waals surface area contributed by atoms with Crippen LogP contribution in [0.3, 0.4) is 0 Å². The second-order valence-corrected chi connectivity index (χ2v) is 5.88. The average molecular weight is 276 g/mol. The summed E-state index contributed by atoms with van der Waals surface area (Å²) in [6.07, 6.45) is 0.849. The number of hydrogen-bond donors (Lipinski definition) is 2. The highest BCUT2D eigenvalue weighted by Crippen LogP contribution is 2.28. The van der Waals surface area contributed by atoms with Gasteiger partial charge in [0.05, 0.1) is 16.6 Å². The SMILES string of the molecule is Cc1cccc(CC(NN)c2snnc2C(C)C)c1. The van der Waals surface area contributed by atoms with E-state index in [2.05, 4.69) is 60.0 Å². The number of hydrogen-bond acceptors (Lipinski definition) is 5. The molecule has 1 heterocycles. The number of nitrogens with one attached hydrogen (secondary N) is 1. The van der Waals surface area contributed by atoms with Gasteiger partial charge in [0.2, 0.25) is 0 Å². The summed E-state index contributed by atoms with van der Waals surface area (Å²) in [7, 11) is 0. The molecule has 19 heavy (non-hydrogen) atoms. The first-order valence-corrected chi connectivity index (χ1v) is 7.23. The van der Waals surface area contributed by atoms with Crippen LogP contribution in [0.4, 0.5) is 0 Å². The minimum atomic E-state index is 0.0687. The van der Waals surface area contributed by atoms with Crippen LogP contribution in [0.15, 0.2) is 24.3 Å². The Bertz CT molecular complexity index is 536. The Hall–Kier alpha value is -1.30. The third-order valence-corrected chi connectivity index (χ3v) is 3.98. The van der Waals surface area contributed by atoms with Gasteiger partial charge < -0.3 is 0 Å². The molecule has 5 heteroatoms. The van der Waals surface area contributed by atoms with Gasteiger partial charge in [-0.1, -0.05) is 48.2 Å². The molecule has 3 N–H and O–H groups in total. The Balaban J connectivity index is 2.23. The first kappa shape index (κ1) is 14.1. The third-order valence-electron chi connectivity index (χ3n) is 3.13. The molecule has 0 aliphatic rings. The number of nitrogens with two attached hydrogens (primary N) is 1. The average Bonchev–Trinajstić information content (AvgIpc) is 2.85. The van der Waals surface area contributed by atoms with E-state index >= 15 is 0 Å². The standard InChI is InChI=1S/C14H20N4S/c1-9(2)13-14(19-18-17-13)12(16-15)8-11-6-4-5-10(3)7-11/h4-7,9,12,16H,8,15H2,1-3H3. The molecule has 2 aromatic rings. The Morgan fingerprint density at radius 2 is 2.16 bits per heavy atom. The van der Waals surface area contributed by atoms with E-state index in [0.717, 1.165) is 17.0 Å². The van der Waals surface area contributed by atoms with Crippen molar-refractivity contribution < 1.29 is 0 Å². The number of benzene rings is 1. The molecule has 1 aromatic carbocycles. The summed E-state index contributed by atoms with van der Waals surface area (Å²) in [5.41, 5.74) is 6.47. The Morgan fingerprint density at radius 3 is 2.79 bits per heavy atom. The van der Waals surface area contributed by atoms with E-state index < -0.39 is 0 Å². The van der Waals surface area contributed by atoms with Crippen molar-refractivity contribution in [3.8, 4) is 0 Å². The van der Waals surface area contributed by atoms with Crippen molar-refractivity contribution in [2.75, 3.05) is 0 Å². The molecule has 1 aromatic heterocycles. The number of aryl methyl sites for hydroxylation is 1. The third kappa shape index (κ3) is 3.37. The molecule has 0 saturated heterocycles. The van der Waals surface area contributed by atoms with Crippen LogP contribution in [-0.4, -0.2) is 9.59 Å². The van der Waals surface area contributed by atoms with Crippen molar-refractivity contribution in [1.29, 1.82) is 0 Å². The van der Waals surface area contributed by atoms with Gasteiger partial charge in [-0.2, -0.15) is 0 Å². The number of nitrogens with zero attached hydrogens (tertiary/aromatic N) is 2. The summed E-state index contributed by atoms with van der Waals surface area (Å²) in [6, 6.07) is 8.56. The minimum Gasteiger partial charge on any atom is -0.271 e. The first-order valence-electron chi connectivity index (χ1n) is 6.45. The monoisotopic (exact) mass is 276 g/mol. The predicted octanol–water partition coefficient (Wildman–Crippen LogP) is 2.72. The fourth-order valence-electron chi connectivity index (χ4n) is 2.15. The van der Waals surface area contributed by atoms with Crippen LogP contribution < -0.4 is 11.3 Å². The Labute approximate surface area is 118 Å². The second-order valence-electron chi connectivity index (χ2n) is 5.09. The van der Waals surface area contributed by atoms with Crippen molar-refractivity contribution in [1.82, 2.24) is 15.0 Å². The maximum Gasteiger partial charge on any atom is 0.0829 e. The predicted molar refractivity (Wildman–Crippen MR) is 78.9 cm³/mol. The fraction of sp³-hybridized carbons (Fsp3) is 0.429. The molecule has 0 saturated carbocycles. The molecule has 4 nitrogen and oxygen atoms in total. The Kier molecular flexibility index (Phi) is 4.63. The highest BCUT2D eigenvalue weighted by Gasteiger charge is 2.20. The molecular formula is C14H20N4S. The molecule has 0 bridgehead atoms. The van der Waals surface area contributed by atoms with Gasteiger partial charge in [-0.25, -0.2) is 0 Å². The molecule has 0 aliphatic heterocycles. The van der Waals surface area contributed by atoms with Gasteiger partial charge in [0.1, 0.15) is 0 Å². The highest BCUT2D eigenvalue weighted by molar-refractivity contribution is 7.05.